The molecule has 2 aliphatic carbocycles. The van der Waals surface area contributed by atoms with Crippen LogP contribution in [0.5, 0.6) is 0 Å². The Morgan fingerprint density at radius 2 is 2.25 bits per heavy atom. The molecule has 0 saturated heterocycles. The molecule has 0 aliphatic heterocycles. The van der Waals surface area contributed by atoms with Gasteiger partial charge < -0.3 is 10.6 Å². The predicted octanol–water partition coefficient (Wildman–Crippen LogP) is 0.881. The van der Waals surface area contributed by atoms with Crippen molar-refractivity contribution in [1.82, 2.24) is 14.7 Å². The van der Waals surface area contributed by atoms with E-state index >= 15 is 0 Å². The Labute approximate surface area is 119 Å². The number of rotatable bonds is 5. The molecule has 1 heterocycles. The third-order valence-electron chi connectivity index (χ3n) is 4.66. The van der Waals surface area contributed by atoms with Crippen molar-refractivity contribution >= 4 is 5.91 Å². The van der Waals surface area contributed by atoms with E-state index in [1.54, 1.807) is 6.20 Å². The maximum absolute atomic E-state index is 12.7. The van der Waals surface area contributed by atoms with Crippen LogP contribution in [0.3, 0.4) is 0 Å². The summed E-state index contributed by atoms with van der Waals surface area (Å²) in [6.07, 6.45) is 9.09. The van der Waals surface area contributed by atoms with Crippen LogP contribution in [0.25, 0.3) is 0 Å². The van der Waals surface area contributed by atoms with E-state index in [1.165, 1.54) is 0 Å². The zero-order valence-corrected chi connectivity index (χ0v) is 11.9. The molecule has 0 spiro atoms. The molecule has 108 valence electrons. The van der Waals surface area contributed by atoms with E-state index < -0.39 is 0 Å². The summed E-state index contributed by atoms with van der Waals surface area (Å²) in [4.78, 5) is 14.6. The number of allylic oxidation sites excluding steroid dienone is 1. The maximum atomic E-state index is 12.7. The molecule has 2 N–H and O–H groups in total. The van der Waals surface area contributed by atoms with E-state index in [0.717, 1.165) is 19.5 Å². The highest BCUT2D eigenvalue weighted by Crippen LogP contribution is 2.43. The summed E-state index contributed by atoms with van der Waals surface area (Å²) >= 11 is 0. The number of amides is 1. The van der Waals surface area contributed by atoms with Gasteiger partial charge >= 0.3 is 0 Å². The third kappa shape index (κ3) is 2.26. The van der Waals surface area contributed by atoms with Gasteiger partial charge in [-0.05, 0) is 31.2 Å². The van der Waals surface area contributed by atoms with Gasteiger partial charge in [-0.15, -0.1) is 0 Å². The Kier molecular flexibility index (Phi) is 3.61. The lowest BCUT2D eigenvalue weighted by molar-refractivity contribution is -0.136. The van der Waals surface area contributed by atoms with Crippen LogP contribution in [0.4, 0.5) is 0 Å². The molecule has 1 aromatic rings. The molecule has 1 amide bonds. The summed E-state index contributed by atoms with van der Waals surface area (Å²) in [6.45, 7) is 4.18. The number of nitrogens with two attached hydrogens (primary N) is 1. The number of carbonyl (C=O) groups is 1. The standard InChI is InChI=1S/C15H22N4O/c1-2-18(8-9-19-7-3-6-17-19)15(20)13-11-4-5-12(10-11)14(13)16/h3-7,11-14H,2,8-10,16H2,1H3/t11-,12+,13-,14+/m1/s1. The molecule has 2 bridgehead atoms. The van der Waals surface area contributed by atoms with Crippen molar-refractivity contribution in [1.29, 1.82) is 0 Å². The van der Waals surface area contributed by atoms with Crippen LogP contribution >= 0.6 is 0 Å². The number of carbonyl (C=O) groups excluding carboxylic acids is 1. The van der Waals surface area contributed by atoms with Gasteiger partial charge in [0.05, 0.1) is 12.5 Å². The molecule has 0 unspecified atom stereocenters. The highest BCUT2D eigenvalue weighted by molar-refractivity contribution is 5.81. The fourth-order valence-electron chi connectivity index (χ4n) is 3.50. The molecule has 1 aromatic heterocycles. The number of hydrogen-bond donors (Lipinski definition) is 1. The van der Waals surface area contributed by atoms with Gasteiger partial charge in [0.2, 0.25) is 5.91 Å². The van der Waals surface area contributed by atoms with Crippen LogP contribution in [0.15, 0.2) is 30.6 Å². The molecule has 5 heteroatoms. The Morgan fingerprint density at radius 3 is 2.85 bits per heavy atom. The van der Waals surface area contributed by atoms with E-state index in [0.29, 0.717) is 18.4 Å². The summed E-state index contributed by atoms with van der Waals surface area (Å²) in [6, 6.07) is 1.89. The average Bonchev–Trinajstić information content (AvgIpc) is 3.15. The van der Waals surface area contributed by atoms with Crippen molar-refractivity contribution in [2.24, 2.45) is 23.5 Å². The molecule has 5 nitrogen and oxygen atoms in total. The van der Waals surface area contributed by atoms with Gasteiger partial charge in [-0.1, -0.05) is 12.2 Å². The van der Waals surface area contributed by atoms with Gasteiger partial charge in [0.15, 0.2) is 0 Å². The highest BCUT2D eigenvalue weighted by atomic mass is 16.2. The number of aromatic nitrogens is 2. The zero-order valence-electron chi connectivity index (χ0n) is 11.9. The second kappa shape index (κ2) is 5.40. The normalized spacial score (nSPS) is 30.9. The number of fused-ring (bicyclic) bond motifs is 2. The van der Waals surface area contributed by atoms with Gasteiger partial charge in [0.25, 0.3) is 0 Å². The van der Waals surface area contributed by atoms with Crippen LogP contribution in [0, 0.1) is 17.8 Å². The largest absolute Gasteiger partial charge is 0.341 e. The van der Waals surface area contributed by atoms with Crippen LogP contribution in [-0.4, -0.2) is 39.7 Å². The van der Waals surface area contributed by atoms with Crippen LogP contribution < -0.4 is 5.73 Å². The van der Waals surface area contributed by atoms with Crippen molar-refractivity contribution in [2.75, 3.05) is 13.1 Å². The molecule has 20 heavy (non-hydrogen) atoms. The van der Waals surface area contributed by atoms with E-state index in [-0.39, 0.29) is 17.9 Å². The van der Waals surface area contributed by atoms with Gasteiger partial charge in [-0.2, -0.15) is 5.10 Å². The third-order valence-corrected chi connectivity index (χ3v) is 4.66. The monoisotopic (exact) mass is 274 g/mol. The molecular formula is C15H22N4O. The topological polar surface area (TPSA) is 64.2 Å². The highest BCUT2D eigenvalue weighted by Gasteiger charge is 2.47. The summed E-state index contributed by atoms with van der Waals surface area (Å²) in [5.41, 5.74) is 6.23. The van der Waals surface area contributed by atoms with Crippen molar-refractivity contribution in [3.05, 3.63) is 30.6 Å². The van der Waals surface area contributed by atoms with E-state index in [2.05, 4.69) is 17.3 Å². The Bertz CT molecular complexity index is 496. The van der Waals surface area contributed by atoms with E-state index in [9.17, 15) is 4.79 Å². The van der Waals surface area contributed by atoms with Gasteiger partial charge in [-0.3, -0.25) is 9.48 Å². The summed E-state index contributed by atoms with van der Waals surface area (Å²) in [5, 5.41) is 4.18. The van der Waals surface area contributed by atoms with Gasteiger partial charge in [-0.25, -0.2) is 0 Å². The maximum Gasteiger partial charge on any atom is 0.227 e. The molecule has 0 radical (unpaired) electrons. The lowest BCUT2D eigenvalue weighted by Gasteiger charge is -2.30. The molecule has 2 aliphatic rings. The van der Waals surface area contributed by atoms with Gasteiger partial charge in [0, 0.05) is 31.5 Å². The molecule has 1 fully saturated rings. The van der Waals surface area contributed by atoms with Crippen molar-refractivity contribution in [3.8, 4) is 0 Å². The molecular weight excluding hydrogens is 252 g/mol. The number of hydrogen-bond acceptors (Lipinski definition) is 3. The quantitative estimate of drug-likeness (QED) is 0.811. The first kappa shape index (κ1) is 13.4. The lowest BCUT2D eigenvalue weighted by atomic mass is 9.88. The zero-order chi connectivity index (χ0) is 14.1. The van der Waals surface area contributed by atoms with Gasteiger partial charge in [0.1, 0.15) is 0 Å². The smallest absolute Gasteiger partial charge is 0.227 e. The first-order valence-electron chi connectivity index (χ1n) is 7.41. The molecule has 1 saturated carbocycles. The fourth-order valence-corrected chi connectivity index (χ4v) is 3.50. The molecule has 0 aromatic carbocycles. The van der Waals surface area contributed by atoms with Crippen molar-refractivity contribution in [3.63, 3.8) is 0 Å². The van der Waals surface area contributed by atoms with E-state index in [4.69, 9.17) is 5.73 Å². The lowest BCUT2D eigenvalue weighted by Crippen LogP contribution is -2.46. The minimum atomic E-state index is -0.0254. The molecule has 4 atom stereocenters. The second-order valence-electron chi connectivity index (χ2n) is 5.74. The number of likely N-dealkylation sites (N-methyl/N-ethyl adjacent to an activating group) is 1. The summed E-state index contributed by atoms with van der Waals surface area (Å²) < 4.78 is 1.86. The van der Waals surface area contributed by atoms with Crippen LogP contribution in [0.2, 0.25) is 0 Å². The first-order chi connectivity index (χ1) is 9.70. The molecule has 3 rings (SSSR count). The summed E-state index contributed by atoms with van der Waals surface area (Å²) in [7, 11) is 0. The van der Waals surface area contributed by atoms with E-state index in [1.807, 2.05) is 28.8 Å². The predicted molar refractivity (Wildman–Crippen MR) is 76.7 cm³/mol. The summed E-state index contributed by atoms with van der Waals surface area (Å²) in [5.74, 6) is 0.937. The van der Waals surface area contributed by atoms with Crippen molar-refractivity contribution in [2.45, 2.75) is 25.9 Å². The number of nitrogens with zero attached hydrogens (tertiary/aromatic N) is 3. The fraction of sp³-hybridized carbons (Fsp3) is 0.600. The Balaban J connectivity index is 1.64. The Hall–Kier alpha value is -1.62. The first-order valence-corrected chi connectivity index (χ1v) is 7.41. The van der Waals surface area contributed by atoms with Crippen molar-refractivity contribution < 1.29 is 4.79 Å². The van der Waals surface area contributed by atoms with Crippen LogP contribution in [0.1, 0.15) is 13.3 Å². The average molecular weight is 274 g/mol. The minimum Gasteiger partial charge on any atom is -0.341 e. The minimum absolute atomic E-state index is 0.00347. The SMILES string of the molecule is CCN(CCn1cccn1)C(=O)[C@H]1[C@@H](N)[C@H]2C=C[C@@H]1C2. The van der Waals surface area contributed by atoms with Crippen LogP contribution in [-0.2, 0) is 11.3 Å². The second-order valence-corrected chi connectivity index (χ2v) is 5.74. The Morgan fingerprint density at radius 1 is 1.45 bits per heavy atom.